The topological polar surface area (TPSA) is 55.4 Å². The third-order valence-corrected chi connectivity index (χ3v) is 4.56. The number of nitrogens with one attached hydrogen (secondary N) is 1. The predicted octanol–water partition coefficient (Wildman–Crippen LogP) is 4.11. The smallest absolute Gasteiger partial charge is 0.265 e. The van der Waals surface area contributed by atoms with E-state index in [4.69, 9.17) is 27.9 Å². The van der Waals surface area contributed by atoms with E-state index >= 15 is 0 Å². The van der Waals surface area contributed by atoms with Gasteiger partial charge >= 0.3 is 0 Å². The molecular formula is C14H13Cl2NO3S. The minimum atomic E-state index is -3.80. The maximum Gasteiger partial charge on any atom is 0.265 e. The molecule has 0 aliphatic heterocycles. The summed E-state index contributed by atoms with van der Waals surface area (Å²) in [5.74, 6) is 0.265. The van der Waals surface area contributed by atoms with Crippen LogP contribution in [0.15, 0.2) is 41.3 Å². The number of rotatable bonds is 4. The standard InChI is InChI=1S/C14H13Cl2NO3S/c1-9-3-4-13(20-2)14(5-9)21(18,19)17-12-7-10(15)6-11(16)8-12/h3-8,17H,1-2H3. The fourth-order valence-electron chi connectivity index (χ4n) is 1.82. The molecule has 0 aliphatic carbocycles. The zero-order valence-electron chi connectivity index (χ0n) is 11.4. The molecule has 0 aliphatic rings. The van der Waals surface area contributed by atoms with E-state index in [0.29, 0.717) is 10.0 Å². The van der Waals surface area contributed by atoms with E-state index in [0.717, 1.165) is 5.56 Å². The molecule has 1 N–H and O–H groups in total. The van der Waals surface area contributed by atoms with Gasteiger partial charge in [-0.1, -0.05) is 29.3 Å². The summed E-state index contributed by atoms with van der Waals surface area (Å²) in [6.45, 7) is 1.80. The van der Waals surface area contributed by atoms with Gasteiger partial charge in [0.15, 0.2) is 0 Å². The Balaban J connectivity index is 2.45. The van der Waals surface area contributed by atoms with Crippen LogP contribution < -0.4 is 9.46 Å². The lowest BCUT2D eigenvalue weighted by Gasteiger charge is -2.12. The van der Waals surface area contributed by atoms with Gasteiger partial charge in [-0.15, -0.1) is 0 Å². The summed E-state index contributed by atoms with van der Waals surface area (Å²) in [6, 6.07) is 9.39. The Bertz CT molecular complexity index is 756. The van der Waals surface area contributed by atoms with Crippen molar-refractivity contribution in [1.82, 2.24) is 0 Å². The number of sulfonamides is 1. The minimum Gasteiger partial charge on any atom is -0.495 e. The predicted molar refractivity (Wildman–Crippen MR) is 85.0 cm³/mol. The zero-order chi connectivity index (χ0) is 15.6. The number of anilines is 1. The maximum absolute atomic E-state index is 12.5. The Hall–Kier alpha value is -1.43. The molecule has 0 heterocycles. The molecule has 2 aromatic rings. The lowest BCUT2D eigenvalue weighted by atomic mass is 10.2. The molecule has 0 saturated heterocycles. The van der Waals surface area contributed by atoms with Crippen molar-refractivity contribution in [3.8, 4) is 5.75 Å². The molecular weight excluding hydrogens is 333 g/mol. The van der Waals surface area contributed by atoms with E-state index in [2.05, 4.69) is 4.72 Å². The van der Waals surface area contributed by atoms with Crippen molar-refractivity contribution in [2.24, 2.45) is 0 Å². The van der Waals surface area contributed by atoms with Crippen molar-refractivity contribution >= 4 is 38.9 Å². The number of aryl methyl sites for hydroxylation is 1. The summed E-state index contributed by atoms with van der Waals surface area (Å²) in [5.41, 5.74) is 1.09. The van der Waals surface area contributed by atoms with Gasteiger partial charge in [-0.2, -0.15) is 0 Å². The Kier molecular flexibility index (Phi) is 4.66. The van der Waals surface area contributed by atoms with Crippen molar-refractivity contribution in [1.29, 1.82) is 0 Å². The van der Waals surface area contributed by atoms with E-state index in [1.165, 1.54) is 31.4 Å². The molecule has 0 bridgehead atoms. The largest absolute Gasteiger partial charge is 0.495 e. The Morgan fingerprint density at radius 1 is 1.05 bits per heavy atom. The number of halogens is 2. The van der Waals surface area contributed by atoms with Crippen molar-refractivity contribution in [2.45, 2.75) is 11.8 Å². The molecule has 0 unspecified atom stereocenters. The zero-order valence-corrected chi connectivity index (χ0v) is 13.7. The van der Waals surface area contributed by atoms with E-state index in [-0.39, 0.29) is 16.3 Å². The molecule has 0 aromatic heterocycles. The molecule has 21 heavy (non-hydrogen) atoms. The summed E-state index contributed by atoms with van der Waals surface area (Å²) >= 11 is 11.7. The molecule has 0 fully saturated rings. The van der Waals surface area contributed by atoms with Gasteiger partial charge in [0.1, 0.15) is 10.6 Å². The summed E-state index contributed by atoms with van der Waals surface area (Å²) in [5, 5.41) is 0.688. The average molecular weight is 346 g/mol. The van der Waals surface area contributed by atoms with Crippen LogP contribution in [0.1, 0.15) is 5.56 Å². The first-order chi connectivity index (χ1) is 9.81. The summed E-state index contributed by atoms with van der Waals surface area (Å²) in [6.07, 6.45) is 0. The molecule has 0 amide bonds. The second kappa shape index (κ2) is 6.13. The summed E-state index contributed by atoms with van der Waals surface area (Å²) in [7, 11) is -2.39. The van der Waals surface area contributed by atoms with Gasteiger partial charge in [0.05, 0.1) is 12.8 Å². The highest BCUT2D eigenvalue weighted by Crippen LogP contribution is 2.29. The van der Waals surface area contributed by atoms with Crippen LogP contribution in [-0.4, -0.2) is 15.5 Å². The lowest BCUT2D eigenvalue weighted by Crippen LogP contribution is -2.14. The van der Waals surface area contributed by atoms with E-state index in [9.17, 15) is 8.42 Å². The van der Waals surface area contributed by atoms with Crippen molar-refractivity contribution in [3.05, 3.63) is 52.0 Å². The second-order valence-corrected chi connectivity index (χ2v) is 6.94. The molecule has 2 rings (SSSR count). The normalized spacial score (nSPS) is 11.2. The van der Waals surface area contributed by atoms with Crippen LogP contribution in [0.25, 0.3) is 0 Å². The monoisotopic (exact) mass is 345 g/mol. The number of methoxy groups -OCH3 is 1. The molecule has 0 radical (unpaired) electrons. The second-order valence-electron chi connectivity index (χ2n) is 4.42. The SMILES string of the molecule is COc1ccc(C)cc1S(=O)(=O)Nc1cc(Cl)cc(Cl)c1. The highest BCUT2D eigenvalue weighted by Gasteiger charge is 2.20. The van der Waals surface area contributed by atoms with E-state index in [1.807, 2.05) is 0 Å². The Labute approximate surface area is 133 Å². The van der Waals surface area contributed by atoms with E-state index < -0.39 is 10.0 Å². The van der Waals surface area contributed by atoms with Crippen LogP contribution in [0, 0.1) is 6.92 Å². The number of benzene rings is 2. The fraction of sp³-hybridized carbons (Fsp3) is 0.143. The molecule has 7 heteroatoms. The first-order valence-corrected chi connectivity index (χ1v) is 8.19. The molecule has 2 aromatic carbocycles. The van der Waals surface area contributed by atoms with Gasteiger partial charge in [0, 0.05) is 10.0 Å². The summed E-state index contributed by atoms with van der Waals surface area (Å²) < 4.78 is 32.5. The maximum atomic E-state index is 12.5. The van der Waals surface area contributed by atoms with Crippen LogP contribution in [0.5, 0.6) is 5.75 Å². The van der Waals surface area contributed by atoms with Gasteiger partial charge in [-0.05, 0) is 42.8 Å². The molecule has 112 valence electrons. The third-order valence-electron chi connectivity index (χ3n) is 2.72. The van der Waals surface area contributed by atoms with Gasteiger partial charge in [-0.3, -0.25) is 4.72 Å². The van der Waals surface area contributed by atoms with Crippen LogP contribution in [-0.2, 0) is 10.0 Å². The fourth-order valence-corrected chi connectivity index (χ4v) is 3.64. The van der Waals surface area contributed by atoms with Gasteiger partial charge in [0.25, 0.3) is 10.0 Å². The van der Waals surface area contributed by atoms with Crippen LogP contribution in [0.4, 0.5) is 5.69 Å². The summed E-state index contributed by atoms with van der Waals surface area (Å²) in [4.78, 5) is 0.0566. The Morgan fingerprint density at radius 3 is 2.24 bits per heavy atom. The molecule has 4 nitrogen and oxygen atoms in total. The first-order valence-electron chi connectivity index (χ1n) is 5.95. The highest BCUT2D eigenvalue weighted by molar-refractivity contribution is 7.92. The van der Waals surface area contributed by atoms with Gasteiger partial charge in [0.2, 0.25) is 0 Å². The van der Waals surface area contributed by atoms with Crippen LogP contribution >= 0.6 is 23.2 Å². The average Bonchev–Trinajstić information content (AvgIpc) is 2.36. The number of hydrogen-bond acceptors (Lipinski definition) is 3. The van der Waals surface area contributed by atoms with Crippen molar-refractivity contribution in [3.63, 3.8) is 0 Å². The number of hydrogen-bond donors (Lipinski definition) is 1. The third kappa shape index (κ3) is 3.81. The van der Waals surface area contributed by atoms with Crippen molar-refractivity contribution in [2.75, 3.05) is 11.8 Å². The molecule has 0 spiro atoms. The first kappa shape index (κ1) is 15.9. The highest BCUT2D eigenvalue weighted by atomic mass is 35.5. The quantitative estimate of drug-likeness (QED) is 0.906. The molecule has 0 saturated carbocycles. The van der Waals surface area contributed by atoms with Gasteiger partial charge < -0.3 is 4.74 Å². The minimum absolute atomic E-state index is 0.0566. The van der Waals surface area contributed by atoms with E-state index in [1.54, 1.807) is 19.1 Å². The van der Waals surface area contributed by atoms with Crippen LogP contribution in [0.3, 0.4) is 0 Å². The van der Waals surface area contributed by atoms with Crippen molar-refractivity contribution < 1.29 is 13.2 Å². The lowest BCUT2D eigenvalue weighted by molar-refractivity contribution is 0.402. The van der Waals surface area contributed by atoms with Crippen LogP contribution in [0.2, 0.25) is 10.0 Å². The molecule has 0 atom stereocenters. The van der Waals surface area contributed by atoms with Gasteiger partial charge in [-0.25, -0.2) is 8.42 Å². The Morgan fingerprint density at radius 2 is 1.67 bits per heavy atom. The number of ether oxygens (including phenoxy) is 1.